The quantitative estimate of drug-likeness (QED) is 0.198. The summed E-state index contributed by atoms with van der Waals surface area (Å²) in [6, 6.07) is 0. The van der Waals surface area contributed by atoms with Crippen molar-refractivity contribution < 1.29 is 14.3 Å². The Morgan fingerprint density at radius 1 is 0.630 bits per heavy atom. The number of nitrogens with one attached hydrogen (secondary N) is 1. The van der Waals surface area contributed by atoms with Crippen molar-refractivity contribution in [1.82, 2.24) is 5.32 Å². The molecule has 0 aliphatic rings. The third-order valence-electron chi connectivity index (χ3n) is 4.92. The maximum absolute atomic E-state index is 11.7. The third kappa shape index (κ3) is 21.1. The van der Waals surface area contributed by atoms with Crippen molar-refractivity contribution >= 4 is 11.9 Å². The lowest BCUT2D eigenvalue weighted by Gasteiger charge is -2.07. The van der Waals surface area contributed by atoms with Crippen LogP contribution in [0, 0.1) is 0 Å². The van der Waals surface area contributed by atoms with Gasteiger partial charge in [0.1, 0.15) is 0 Å². The molecule has 1 N–H and O–H groups in total. The SMILES string of the molecule is CCCCCCCCCCCCOC(=O)CCNC(=O)CCCCCCC. The van der Waals surface area contributed by atoms with Crippen LogP contribution in [-0.4, -0.2) is 25.0 Å². The number of unbranched alkanes of at least 4 members (excludes halogenated alkanes) is 13. The summed E-state index contributed by atoms with van der Waals surface area (Å²) in [7, 11) is 0. The van der Waals surface area contributed by atoms with Crippen molar-refractivity contribution in [3.63, 3.8) is 0 Å². The van der Waals surface area contributed by atoms with Gasteiger partial charge in [-0.2, -0.15) is 0 Å². The van der Waals surface area contributed by atoms with Gasteiger partial charge in [-0.15, -0.1) is 0 Å². The molecule has 1 amide bonds. The molecule has 0 atom stereocenters. The number of ether oxygens (including phenoxy) is 1. The molecule has 27 heavy (non-hydrogen) atoms. The van der Waals surface area contributed by atoms with Gasteiger partial charge in [0.05, 0.1) is 13.0 Å². The van der Waals surface area contributed by atoms with E-state index in [1.54, 1.807) is 0 Å². The van der Waals surface area contributed by atoms with E-state index in [0.717, 1.165) is 25.7 Å². The first-order valence-corrected chi connectivity index (χ1v) is 11.6. The standard InChI is InChI=1S/C23H45NO3/c1-3-5-7-9-10-11-12-13-15-17-21-27-23(26)19-20-24-22(25)18-16-14-8-6-4-2/h3-21H2,1-2H3,(H,24,25). The highest BCUT2D eigenvalue weighted by Gasteiger charge is 2.05. The van der Waals surface area contributed by atoms with E-state index in [9.17, 15) is 9.59 Å². The van der Waals surface area contributed by atoms with Crippen LogP contribution in [0.4, 0.5) is 0 Å². The summed E-state index contributed by atoms with van der Waals surface area (Å²) in [6.07, 6.45) is 19.3. The van der Waals surface area contributed by atoms with Crippen molar-refractivity contribution in [3.8, 4) is 0 Å². The Morgan fingerprint density at radius 3 is 1.67 bits per heavy atom. The van der Waals surface area contributed by atoms with Gasteiger partial charge in [-0.05, 0) is 12.8 Å². The summed E-state index contributed by atoms with van der Waals surface area (Å²) in [6.45, 7) is 5.34. The van der Waals surface area contributed by atoms with Crippen molar-refractivity contribution in [2.24, 2.45) is 0 Å². The number of hydrogen-bond donors (Lipinski definition) is 1. The predicted octanol–water partition coefficient (Wildman–Crippen LogP) is 6.32. The molecule has 0 rings (SSSR count). The van der Waals surface area contributed by atoms with Gasteiger partial charge >= 0.3 is 5.97 Å². The Balaban J connectivity index is 3.29. The second-order valence-electron chi connectivity index (χ2n) is 7.67. The monoisotopic (exact) mass is 383 g/mol. The van der Waals surface area contributed by atoms with Gasteiger partial charge in [-0.1, -0.05) is 97.3 Å². The first kappa shape index (κ1) is 25.9. The average Bonchev–Trinajstić information content (AvgIpc) is 2.66. The van der Waals surface area contributed by atoms with Gasteiger partial charge in [-0.3, -0.25) is 9.59 Å². The Labute approximate surface area is 168 Å². The number of rotatable bonds is 20. The zero-order valence-corrected chi connectivity index (χ0v) is 18.2. The molecule has 0 aromatic rings. The van der Waals surface area contributed by atoms with Crippen LogP contribution >= 0.6 is 0 Å². The van der Waals surface area contributed by atoms with Crippen LogP contribution in [-0.2, 0) is 14.3 Å². The molecule has 0 fully saturated rings. The lowest BCUT2D eigenvalue weighted by atomic mass is 10.1. The van der Waals surface area contributed by atoms with Crippen molar-refractivity contribution in [2.75, 3.05) is 13.2 Å². The molecule has 0 radical (unpaired) electrons. The maximum Gasteiger partial charge on any atom is 0.307 e. The van der Waals surface area contributed by atoms with Gasteiger partial charge in [0, 0.05) is 13.0 Å². The largest absolute Gasteiger partial charge is 0.466 e. The maximum atomic E-state index is 11.7. The molecule has 0 heterocycles. The lowest BCUT2D eigenvalue weighted by molar-refractivity contribution is -0.143. The van der Waals surface area contributed by atoms with E-state index < -0.39 is 0 Å². The summed E-state index contributed by atoms with van der Waals surface area (Å²) in [5.41, 5.74) is 0. The fourth-order valence-electron chi connectivity index (χ4n) is 3.13. The van der Waals surface area contributed by atoms with Gasteiger partial charge in [-0.25, -0.2) is 0 Å². The molecule has 160 valence electrons. The molecular formula is C23H45NO3. The van der Waals surface area contributed by atoms with Gasteiger partial charge in [0.2, 0.25) is 5.91 Å². The Kier molecular flexibility index (Phi) is 20.4. The highest BCUT2D eigenvalue weighted by Crippen LogP contribution is 2.10. The van der Waals surface area contributed by atoms with Crippen LogP contribution < -0.4 is 5.32 Å². The molecular weight excluding hydrogens is 338 g/mol. The zero-order valence-electron chi connectivity index (χ0n) is 18.2. The van der Waals surface area contributed by atoms with Gasteiger partial charge in [0.15, 0.2) is 0 Å². The molecule has 0 bridgehead atoms. The number of carbonyl (C=O) groups is 2. The molecule has 0 spiro atoms. The second kappa shape index (κ2) is 21.2. The van der Waals surface area contributed by atoms with E-state index in [1.165, 1.54) is 70.6 Å². The van der Waals surface area contributed by atoms with E-state index >= 15 is 0 Å². The summed E-state index contributed by atoms with van der Waals surface area (Å²) >= 11 is 0. The summed E-state index contributed by atoms with van der Waals surface area (Å²) in [5, 5.41) is 2.81. The molecule has 0 aliphatic carbocycles. The van der Waals surface area contributed by atoms with Crippen LogP contribution in [0.1, 0.15) is 123 Å². The lowest BCUT2D eigenvalue weighted by Crippen LogP contribution is -2.26. The minimum Gasteiger partial charge on any atom is -0.466 e. The van der Waals surface area contributed by atoms with Gasteiger partial charge in [0.25, 0.3) is 0 Å². The highest BCUT2D eigenvalue weighted by atomic mass is 16.5. The van der Waals surface area contributed by atoms with E-state index in [1.807, 2.05) is 0 Å². The Morgan fingerprint density at radius 2 is 1.11 bits per heavy atom. The minimum absolute atomic E-state index is 0.0500. The molecule has 0 aliphatic heterocycles. The van der Waals surface area contributed by atoms with Crippen LogP contribution in [0.15, 0.2) is 0 Å². The fraction of sp³-hybridized carbons (Fsp3) is 0.913. The van der Waals surface area contributed by atoms with E-state index in [2.05, 4.69) is 19.2 Å². The first-order chi connectivity index (χ1) is 13.2. The highest BCUT2D eigenvalue weighted by molar-refractivity contribution is 5.76. The van der Waals surface area contributed by atoms with E-state index in [0.29, 0.717) is 19.6 Å². The molecule has 0 unspecified atom stereocenters. The minimum atomic E-state index is -0.200. The molecule has 0 saturated carbocycles. The summed E-state index contributed by atoms with van der Waals surface area (Å²) in [5.74, 6) is -0.150. The normalized spacial score (nSPS) is 10.7. The topological polar surface area (TPSA) is 55.4 Å². The molecule has 0 saturated heterocycles. The second-order valence-corrected chi connectivity index (χ2v) is 7.67. The Bertz CT molecular complexity index is 345. The molecule has 4 heteroatoms. The van der Waals surface area contributed by atoms with Crippen LogP contribution in [0.25, 0.3) is 0 Å². The molecule has 0 aromatic carbocycles. The van der Waals surface area contributed by atoms with E-state index in [4.69, 9.17) is 4.74 Å². The van der Waals surface area contributed by atoms with Crippen molar-refractivity contribution in [2.45, 2.75) is 123 Å². The van der Waals surface area contributed by atoms with Gasteiger partial charge < -0.3 is 10.1 Å². The fourth-order valence-corrected chi connectivity index (χ4v) is 3.13. The molecule has 4 nitrogen and oxygen atoms in total. The number of esters is 1. The predicted molar refractivity (Wildman–Crippen MR) is 114 cm³/mol. The van der Waals surface area contributed by atoms with Crippen LogP contribution in [0.2, 0.25) is 0 Å². The average molecular weight is 384 g/mol. The Hall–Kier alpha value is -1.06. The van der Waals surface area contributed by atoms with Crippen LogP contribution in [0.5, 0.6) is 0 Å². The summed E-state index contributed by atoms with van der Waals surface area (Å²) < 4.78 is 5.23. The number of hydrogen-bond acceptors (Lipinski definition) is 3. The first-order valence-electron chi connectivity index (χ1n) is 11.6. The molecule has 0 aromatic heterocycles. The van der Waals surface area contributed by atoms with Crippen LogP contribution in [0.3, 0.4) is 0 Å². The number of amides is 1. The van der Waals surface area contributed by atoms with E-state index in [-0.39, 0.29) is 18.3 Å². The smallest absolute Gasteiger partial charge is 0.307 e. The number of carbonyl (C=O) groups excluding carboxylic acids is 2. The van der Waals surface area contributed by atoms with Crippen molar-refractivity contribution in [1.29, 1.82) is 0 Å². The van der Waals surface area contributed by atoms with Crippen molar-refractivity contribution in [3.05, 3.63) is 0 Å². The zero-order chi connectivity index (χ0) is 20.0. The summed E-state index contributed by atoms with van der Waals surface area (Å²) in [4.78, 5) is 23.3. The third-order valence-corrected chi connectivity index (χ3v) is 4.92.